The van der Waals surface area contributed by atoms with Gasteiger partial charge in [-0.2, -0.15) is 4.31 Å². The third-order valence-electron chi connectivity index (χ3n) is 9.99. The number of phenolic OH excluding ortho intramolecular Hbond substituents is 1. The number of benzene rings is 1. The zero-order valence-electron chi connectivity index (χ0n) is 38.1. The molecular weight excluding hydrogens is 1270 g/mol. The fraction of sp³-hybridized carbons (Fsp3) is 0.556. The summed E-state index contributed by atoms with van der Waals surface area (Å²) in [5, 5.41) is 51.2. The van der Waals surface area contributed by atoms with E-state index in [2.05, 4.69) is 45.1 Å². The number of amides is 4. The number of phosphoric acid groups is 3. The first-order valence-corrected chi connectivity index (χ1v) is 28.5. The van der Waals surface area contributed by atoms with Crippen molar-refractivity contribution in [2.24, 2.45) is 5.41 Å². The van der Waals surface area contributed by atoms with Crippen LogP contribution in [-0.4, -0.2) is 163 Å². The van der Waals surface area contributed by atoms with E-state index in [4.69, 9.17) is 19.5 Å². The third-order valence-corrected chi connectivity index (χ3v) is 15.7. The molecule has 0 bridgehead atoms. The molecular formula is C36H52I2N9O21P3S. The van der Waals surface area contributed by atoms with E-state index in [0.717, 1.165) is 17.2 Å². The Balaban J connectivity index is 1.20. The zero-order valence-corrected chi connectivity index (χ0v) is 45.9. The predicted molar refractivity (Wildman–Crippen MR) is 266 cm³/mol. The van der Waals surface area contributed by atoms with Crippen molar-refractivity contribution in [3.63, 3.8) is 0 Å². The lowest BCUT2D eigenvalue weighted by Crippen LogP contribution is -2.54. The minimum absolute atomic E-state index is 0.00339. The summed E-state index contributed by atoms with van der Waals surface area (Å²) in [6.45, 7) is 2.37. The standard InChI is InChI=1S/C36H52I2N9O21P3S/c1-16(48)24(46-32(54)21(45-17(2)49)11-18-9-19(37)26(51)20(38)10-18)35(56)72-8-7-40-23(50)5-6-41-33(55)29(53)36(3,4)13-65-71(62,63)68-70(60,61)64-12-22-28(67-69(57,58)59)27(52)34(66-22)47-15-44-25-30(39)42-14-43-31(25)47/h9-10,14-16,21-22,24,27-29,34,48,51-53H,5-8,11-13H2,1-4H3,(H,40,50)(H,41,55)(H,45,49)(H,46,54)(H,60,61)(H,62,63)(H2,39,42,43)(H2,57,58,59). The van der Waals surface area contributed by atoms with Gasteiger partial charge in [-0.25, -0.2) is 28.6 Å². The van der Waals surface area contributed by atoms with Gasteiger partial charge in [-0.15, -0.1) is 0 Å². The quantitative estimate of drug-likeness (QED) is 0.0266. The molecule has 402 valence electrons. The molecule has 30 nitrogen and oxygen atoms in total. The molecule has 1 aliphatic rings. The molecule has 1 aliphatic heterocycles. The van der Waals surface area contributed by atoms with Gasteiger partial charge in [0, 0.05) is 44.0 Å². The average Bonchev–Trinajstić information content (AvgIpc) is 3.83. The molecule has 10 unspecified atom stereocenters. The Hall–Kier alpha value is -3.06. The van der Waals surface area contributed by atoms with Gasteiger partial charge in [-0.05, 0) is 69.8 Å². The number of rotatable bonds is 26. The number of aromatic nitrogens is 4. The van der Waals surface area contributed by atoms with Crippen LogP contribution in [0.4, 0.5) is 5.82 Å². The molecule has 4 amide bonds. The molecule has 3 aromatic rings. The second kappa shape index (κ2) is 26.1. The number of nitrogens with one attached hydrogen (secondary N) is 4. The maximum Gasteiger partial charge on any atom is 0.481 e. The number of hydrogen-bond acceptors (Lipinski definition) is 22. The smallest absolute Gasteiger partial charge is 0.481 e. The van der Waals surface area contributed by atoms with Crippen molar-refractivity contribution < 1.29 is 100 Å². The summed E-state index contributed by atoms with van der Waals surface area (Å²) in [6, 6.07) is 0.727. The highest BCUT2D eigenvalue weighted by molar-refractivity contribution is 14.1. The van der Waals surface area contributed by atoms with Crippen molar-refractivity contribution in [2.45, 2.75) is 89.4 Å². The lowest BCUT2D eigenvalue weighted by Gasteiger charge is -2.30. The van der Waals surface area contributed by atoms with Crippen LogP contribution in [0.3, 0.4) is 0 Å². The lowest BCUT2D eigenvalue weighted by atomic mass is 9.87. The largest absolute Gasteiger partial charge is 0.506 e. The second-order valence-electron chi connectivity index (χ2n) is 16.3. The number of aliphatic hydroxyl groups excluding tert-OH is 3. The molecule has 1 saturated heterocycles. The lowest BCUT2D eigenvalue weighted by molar-refractivity contribution is -0.137. The first-order chi connectivity index (χ1) is 33.3. The number of nitrogens with zero attached hydrogens (tertiary/aromatic N) is 4. The van der Waals surface area contributed by atoms with Crippen molar-refractivity contribution in [3.8, 4) is 5.75 Å². The van der Waals surface area contributed by atoms with Crippen LogP contribution in [0.2, 0.25) is 0 Å². The Morgan fingerprint density at radius 3 is 2.21 bits per heavy atom. The Morgan fingerprint density at radius 1 is 0.958 bits per heavy atom. The number of hydrogen-bond donors (Lipinski definition) is 13. The summed E-state index contributed by atoms with van der Waals surface area (Å²) in [7, 11) is -16.6. The fourth-order valence-electron chi connectivity index (χ4n) is 6.43. The number of imidazole rings is 1. The fourth-order valence-corrected chi connectivity index (χ4v) is 12.0. The van der Waals surface area contributed by atoms with Crippen LogP contribution >= 0.6 is 80.4 Å². The summed E-state index contributed by atoms with van der Waals surface area (Å²) >= 11 is 4.53. The minimum Gasteiger partial charge on any atom is -0.506 e. The Morgan fingerprint density at radius 2 is 1.60 bits per heavy atom. The van der Waals surface area contributed by atoms with Crippen molar-refractivity contribution >= 4 is 126 Å². The van der Waals surface area contributed by atoms with Gasteiger partial charge in [0.1, 0.15) is 54.1 Å². The number of nitrogen functional groups attached to an aromatic ring is 1. The van der Waals surface area contributed by atoms with Gasteiger partial charge in [0.25, 0.3) is 0 Å². The molecule has 14 N–H and O–H groups in total. The number of aromatic hydroxyl groups is 1. The van der Waals surface area contributed by atoms with E-state index in [9.17, 15) is 77.7 Å². The highest BCUT2D eigenvalue weighted by Crippen LogP contribution is 2.61. The SMILES string of the molecule is CC(=O)NC(Cc1cc(I)c(O)c(I)c1)C(=O)NC(C(=O)SCCNC(=O)CCNC(=O)C(O)C(C)(C)COP(=O)(O)OP(=O)(O)OCC1OC(n2cnc3c(N)ncnc32)C(O)C1OP(=O)(O)O)C(C)O. The number of thioether (sulfide) groups is 1. The number of nitrogens with two attached hydrogens (primary N) is 1. The molecule has 0 saturated carbocycles. The van der Waals surface area contributed by atoms with E-state index in [1.165, 1.54) is 27.7 Å². The highest BCUT2D eigenvalue weighted by Gasteiger charge is 2.50. The average molecular weight is 1330 g/mol. The van der Waals surface area contributed by atoms with Crippen LogP contribution in [-0.2, 0) is 66.7 Å². The van der Waals surface area contributed by atoms with Gasteiger partial charge >= 0.3 is 23.5 Å². The molecule has 0 aliphatic carbocycles. The van der Waals surface area contributed by atoms with Gasteiger partial charge < -0.3 is 71.7 Å². The van der Waals surface area contributed by atoms with Crippen LogP contribution in [0.1, 0.15) is 45.9 Å². The summed E-state index contributed by atoms with van der Waals surface area (Å²) in [6.07, 6.45) is -8.69. The van der Waals surface area contributed by atoms with Crippen LogP contribution in [0, 0.1) is 12.6 Å². The van der Waals surface area contributed by atoms with Crippen molar-refractivity contribution in [3.05, 3.63) is 37.5 Å². The van der Waals surface area contributed by atoms with E-state index < -0.39 is 120 Å². The summed E-state index contributed by atoms with van der Waals surface area (Å²) < 4.78 is 63.5. The topological polar surface area (TPSA) is 462 Å². The number of phosphoric ester groups is 3. The summed E-state index contributed by atoms with van der Waals surface area (Å²) in [4.78, 5) is 115. The number of fused-ring (bicyclic) bond motifs is 1. The minimum atomic E-state index is -5.63. The number of phenols is 1. The number of ether oxygens (including phenoxy) is 1. The molecule has 2 aromatic heterocycles. The molecule has 0 spiro atoms. The van der Waals surface area contributed by atoms with Gasteiger partial charge in [0.15, 0.2) is 17.7 Å². The van der Waals surface area contributed by atoms with E-state index >= 15 is 0 Å². The van der Waals surface area contributed by atoms with Crippen LogP contribution < -0.4 is 27.0 Å². The molecule has 36 heteroatoms. The Kier molecular flexibility index (Phi) is 22.3. The maximum atomic E-state index is 13.2. The van der Waals surface area contributed by atoms with Gasteiger partial charge in [-0.3, -0.25) is 42.1 Å². The zero-order chi connectivity index (χ0) is 54.1. The number of anilines is 1. The third kappa shape index (κ3) is 18.1. The van der Waals surface area contributed by atoms with Crippen LogP contribution in [0.15, 0.2) is 24.8 Å². The molecule has 0 radical (unpaired) electrons. The number of carbonyl (C=O) groups is 5. The molecule has 3 heterocycles. The highest BCUT2D eigenvalue weighted by atomic mass is 127. The summed E-state index contributed by atoms with van der Waals surface area (Å²) in [5.41, 5.74) is 4.75. The first-order valence-electron chi connectivity index (χ1n) is 20.8. The molecule has 10 atom stereocenters. The predicted octanol–water partition coefficient (Wildman–Crippen LogP) is -0.807. The number of halogens is 2. The summed E-state index contributed by atoms with van der Waals surface area (Å²) in [5.74, 6) is -2.96. The van der Waals surface area contributed by atoms with E-state index in [-0.39, 0.29) is 54.4 Å². The second-order valence-corrected chi connectivity index (χ2v) is 24.0. The number of carbonyl (C=O) groups excluding carboxylic acids is 5. The molecule has 1 fully saturated rings. The van der Waals surface area contributed by atoms with E-state index in [1.807, 2.05) is 45.2 Å². The molecule has 1 aromatic carbocycles. The van der Waals surface area contributed by atoms with Gasteiger partial charge in [0.2, 0.25) is 28.7 Å². The molecule has 4 rings (SSSR count). The van der Waals surface area contributed by atoms with E-state index in [1.54, 1.807) is 12.1 Å². The molecule has 72 heavy (non-hydrogen) atoms. The van der Waals surface area contributed by atoms with Gasteiger partial charge in [-0.1, -0.05) is 25.6 Å². The van der Waals surface area contributed by atoms with E-state index in [0.29, 0.717) is 24.5 Å². The number of aliphatic hydroxyl groups is 3. The van der Waals surface area contributed by atoms with Crippen molar-refractivity contribution in [1.82, 2.24) is 40.8 Å². The Bertz CT molecular complexity index is 2590. The monoisotopic (exact) mass is 1330 g/mol. The maximum absolute atomic E-state index is 13.2. The van der Waals surface area contributed by atoms with Crippen molar-refractivity contribution in [2.75, 3.05) is 37.8 Å². The van der Waals surface area contributed by atoms with Crippen LogP contribution in [0.5, 0.6) is 5.75 Å². The van der Waals surface area contributed by atoms with Crippen molar-refractivity contribution in [1.29, 1.82) is 0 Å². The first kappa shape index (κ1) is 61.5. The normalized spacial score (nSPS) is 20.6. The van der Waals surface area contributed by atoms with Gasteiger partial charge in [0.05, 0.1) is 32.8 Å². The Labute approximate surface area is 440 Å². The van der Waals surface area contributed by atoms with Crippen LogP contribution in [0.25, 0.3) is 11.2 Å².